The quantitative estimate of drug-likeness (QED) is 0.355. The highest BCUT2D eigenvalue weighted by Crippen LogP contribution is 2.19. The third-order valence-corrected chi connectivity index (χ3v) is 5.71. The lowest BCUT2D eigenvalue weighted by molar-refractivity contribution is 0.0827. The summed E-state index contributed by atoms with van der Waals surface area (Å²) in [6.45, 7) is 6.32. The normalized spacial score (nSPS) is 14.3. The monoisotopic (exact) mass is 543 g/mol. The molecule has 2 aromatic rings. The van der Waals surface area contributed by atoms with Crippen LogP contribution in [0.1, 0.15) is 28.7 Å². The molecule has 8 nitrogen and oxygen atoms in total. The van der Waals surface area contributed by atoms with E-state index >= 15 is 0 Å². The standard InChI is InChI=1S/C20H29N7OS.HI/c1-5-17-23-20(29-24-17)27-12-10-26(11-13-27)19(21-2)22-14-15-6-8-16(9-7-15)18(28)25(3)4;/h6-9H,5,10-14H2,1-4H3,(H,21,22);1H. The number of benzene rings is 1. The molecule has 2 heterocycles. The van der Waals surface area contributed by atoms with Crippen LogP contribution in [0.2, 0.25) is 0 Å². The van der Waals surface area contributed by atoms with Crippen molar-refractivity contribution in [3.05, 3.63) is 41.2 Å². The van der Waals surface area contributed by atoms with Crippen LogP contribution in [0.3, 0.4) is 0 Å². The predicted octanol–water partition coefficient (Wildman–Crippen LogP) is 2.32. The highest BCUT2D eigenvalue weighted by atomic mass is 127. The van der Waals surface area contributed by atoms with Gasteiger partial charge in [0.2, 0.25) is 5.13 Å². The van der Waals surface area contributed by atoms with Crippen LogP contribution in [-0.2, 0) is 13.0 Å². The van der Waals surface area contributed by atoms with Crippen LogP contribution in [0.5, 0.6) is 0 Å². The van der Waals surface area contributed by atoms with E-state index in [0.29, 0.717) is 12.1 Å². The number of anilines is 1. The van der Waals surface area contributed by atoms with Crippen molar-refractivity contribution < 1.29 is 4.79 Å². The Morgan fingerprint density at radius 2 is 1.87 bits per heavy atom. The Labute approximate surface area is 199 Å². The number of piperazine rings is 1. The van der Waals surface area contributed by atoms with Gasteiger partial charge in [-0.05, 0) is 17.7 Å². The van der Waals surface area contributed by atoms with Crippen molar-refractivity contribution in [1.29, 1.82) is 0 Å². The summed E-state index contributed by atoms with van der Waals surface area (Å²) in [4.78, 5) is 27.2. The molecule has 0 aliphatic carbocycles. The van der Waals surface area contributed by atoms with E-state index < -0.39 is 0 Å². The van der Waals surface area contributed by atoms with Crippen LogP contribution in [0, 0.1) is 0 Å². The summed E-state index contributed by atoms with van der Waals surface area (Å²) >= 11 is 1.48. The van der Waals surface area contributed by atoms with E-state index in [9.17, 15) is 4.79 Å². The van der Waals surface area contributed by atoms with Gasteiger partial charge in [0.15, 0.2) is 5.96 Å². The second-order valence-electron chi connectivity index (χ2n) is 7.12. The number of hydrogen-bond acceptors (Lipinski definition) is 6. The fourth-order valence-electron chi connectivity index (χ4n) is 3.16. The van der Waals surface area contributed by atoms with Crippen molar-refractivity contribution in [1.82, 2.24) is 24.5 Å². The van der Waals surface area contributed by atoms with E-state index in [-0.39, 0.29) is 29.9 Å². The Bertz CT molecular complexity index is 845. The molecule has 3 rings (SSSR count). The minimum absolute atomic E-state index is 0. The number of aromatic nitrogens is 2. The molecule has 1 aliphatic rings. The number of halogens is 1. The van der Waals surface area contributed by atoms with Gasteiger partial charge in [0.25, 0.3) is 5.91 Å². The largest absolute Gasteiger partial charge is 0.352 e. The average Bonchev–Trinajstić information content (AvgIpc) is 3.24. The van der Waals surface area contributed by atoms with E-state index in [1.807, 2.05) is 31.3 Å². The topological polar surface area (TPSA) is 77.0 Å². The number of aliphatic imine (C=N–C) groups is 1. The van der Waals surface area contributed by atoms with Gasteiger partial charge in [-0.2, -0.15) is 4.37 Å². The second-order valence-corrected chi connectivity index (χ2v) is 7.85. The summed E-state index contributed by atoms with van der Waals surface area (Å²) in [6, 6.07) is 7.70. The summed E-state index contributed by atoms with van der Waals surface area (Å²) in [5, 5.41) is 4.44. The Balaban J connectivity index is 0.00000320. The van der Waals surface area contributed by atoms with Crippen molar-refractivity contribution in [2.45, 2.75) is 19.9 Å². The molecule has 0 bridgehead atoms. The van der Waals surface area contributed by atoms with E-state index in [4.69, 9.17) is 0 Å². The van der Waals surface area contributed by atoms with Crippen LogP contribution in [0.4, 0.5) is 5.13 Å². The van der Waals surface area contributed by atoms with Crippen LogP contribution in [0.25, 0.3) is 0 Å². The number of aryl methyl sites for hydroxylation is 1. The van der Waals surface area contributed by atoms with E-state index in [1.54, 1.807) is 19.0 Å². The zero-order valence-electron chi connectivity index (χ0n) is 18.0. The third kappa shape index (κ3) is 6.03. The number of nitrogens with one attached hydrogen (secondary N) is 1. The molecule has 10 heteroatoms. The van der Waals surface area contributed by atoms with Gasteiger partial charge in [-0.1, -0.05) is 19.1 Å². The lowest BCUT2D eigenvalue weighted by atomic mass is 10.1. The molecular weight excluding hydrogens is 513 g/mol. The Morgan fingerprint density at radius 1 is 1.20 bits per heavy atom. The maximum atomic E-state index is 12.0. The van der Waals surface area contributed by atoms with E-state index in [0.717, 1.165) is 55.1 Å². The fraction of sp³-hybridized carbons (Fsp3) is 0.500. The first kappa shape index (κ1) is 24.3. The highest BCUT2D eigenvalue weighted by Gasteiger charge is 2.22. The summed E-state index contributed by atoms with van der Waals surface area (Å²) in [6.07, 6.45) is 0.872. The molecule has 0 unspecified atom stereocenters. The van der Waals surface area contributed by atoms with Crippen molar-refractivity contribution in [3.63, 3.8) is 0 Å². The molecule has 30 heavy (non-hydrogen) atoms. The number of hydrogen-bond donors (Lipinski definition) is 1. The minimum Gasteiger partial charge on any atom is -0.352 e. The summed E-state index contributed by atoms with van der Waals surface area (Å²) in [7, 11) is 5.33. The van der Waals surface area contributed by atoms with E-state index in [1.165, 1.54) is 11.5 Å². The molecule has 1 N–H and O–H groups in total. The predicted molar refractivity (Wildman–Crippen MR) is 133 cm³/mol. The van der Waals surface area contributed by atoms with Crippen molar-refractivity contribution in [2.75, 3.05) is 52.2 Å². The second kappa shape index (κ2) is 11.4. The Morgan fingerprint density at radius 3 is 2.40 bits per heavy atom. The summed E-state index contributed by atoms with van der Waals surface area (Å²) < 4.78 is 4.39. The van der Waals surface area contributed by atoms with Crippen LogP contribution in [-0.4, -0.2) is 78.3 Å². The first-order valence-corrected chi connectivity index (χ1v) is 10.6. The molecule has 0 atom stereocenters. The van der Waals surface area contributed by atoms with Crippen molar-refractivity contribution in [2.24, 2.45) is 4.99 Å². The van der Waals surface area contributed by atoms with Crippen molar-refractivity contribution in [3.8, 4) is 0 Å². The van der Waals surface area contributed by atoms with Gasteiger partial charge in [0.1, 0.15) is 5.82 Å². The van der Waals surface area contributed by atoms with Gasteiger partial charge in [0.05, 0.1) is 0 Å². The molecule has 1 fully saturated rings. The molecule has 0 saturated carbocycles. The number of amides is 1. The van der Waals surface area contributed by atoms with Crippen LogP contribution >= 0.6 is 35.5 Å². The number of rotatable bonds is 5. The van der Waals surface area contributed by atoms with Crippen molar-refractivity contribution >= 4 is 52.5 Å². The fourth-order valence-corrected chi connectivity index (χ4v) is 3.96. The lowest BCUT2D eigenvalue weighted by Gasteiger charge is -2.36. The molecule has 1 aromatic heterocycles. The number of carbonyl (C=O) groups excluding carboxylic acids is 1. The molecule has 0 radical (unpaired) electrons. The molecule has 1 amide bonds. The molecule has 1 aromatic carbocycles. The van der Waals surface area contributed by atoms with Crippen LogP contribution < -0.4 is 10.2 Å². The molecular formula is C20H30IN7OS. The van der Waals surface area contributed by atoms with Gasteiger partial charge in [-0.15, -0.1) is 24.0 Å². The molecule has 0 spiro atoms. The maximum Gasteiger partial charge on any atom is 0.253 e. The van der Waals surface area contributed by atoms with Gasteiger partial charge < -0.3 is 20.0 Å². The first-order chi connectivity index (χ1) is 14.0. The highest BCUT2D eigenvalue weighted by molar-refractivity contribution is 14.0. The number of carbonyl (C=O) groups is 1. The van der Waals surface area contributed by atoms with Gasteiger partial charge in [-0.3, -0.25) is 9.79 Å². The Hall–Kier alpha value is -1.95. The third-order valence-electron chi connectivity index (χ3n) is 4.89. The molecule has 1 saturated heterocycles. The summed E-state index contributed by atoms with van der Waals surface area (Å²) in [5.74, 6) is 1.83. The Kier molecular flexibility index (Phi) is 9.28. The average molecular weight is 543 g/mol. The minimum atomic E-state index is 0. The van der Waals surface area contributed by atoms with E-state index in [2.05, 4.69) is 36.4 Å². The zero-order chi connectivity index (χ0) is 20.8. The zero-order valence-corrected chi connectivity index (χ0v) is 21.1. The first-order valence-electron chi connectivity index (χ1n) is 9.85. The van der Waals surface area contributed by atoms with Crippen LogP contribution in [0.15, 0.2) is 29.3 Å². The SMILES string of the molecule is CCc1nsc(N2CCN(C(=NC)NCc3ccc(C(=O)N(C)C)cc3)CC2)n1.I. The van der Waals surface area contributed by atoms with Gasteiger partial charge >= 0.3 is 0 Å². The maximum absolute atomic E-state index is 12.0. The summed E-state index contributed by atoms with van der Waals surface area (Å²) in [5.41, 5.74) is 1.81. The number of guanidine groups is 1. The molecule has 1 aliphatic heterocycles. The molecule has 164 valence electrons. The van der Waals surface area contributed by atoms with Gasteiger partial charge in [-0.25, -0.2) is 4.98 Å². The van der Waals surface area contributed by atoms with Gasteiger partial charge in [0, 0.05) is 77.4 Å². The number of nitrogens with zero attached hydrogens (tertiary/aromatic N) is 6. The lowest BCUT2D eigenvalue weighted by Crippen LogP contribution is -2.52. The smallest absolute Gasteiger partial charge is 0.253 e.